The first-order valence-electron chi connectivity index (χ1n) is 11.6. The van der Waals surface area contributed by atoms with E-state index < -0.39 is 0 Å². The van der Waals surface area contributed by atoms with Gasteiger partial charge in [-0.05, 0) is 54.2 Å². The number of aryl methyl sites for hydroxylation is 1. The van der Waals surface area contributed by atoms with Crippen LogP contribution in [0.25, 0.3) is 33.9 Å². The molecule has 0 aliphatic carbocycles. The number of aromatic nitrogens is 4. The van der Waals surface area contributed by atoms with Crippen LogP contribution < -0.4 is 0 Å². The van der Waals surface area contributed by atoms with E-state index in [1.54, 1.807) is 6.33 Å². The number of amides is 1. The average Bonchev–Trinajstić information content (AvgIpc) is 3.57. The van der Waals surface area contributed by atoms with E-state index in [0.717, 1.165) is 48.1 Å². The Labute approximate surface area is 193 Å². The largest absolute Gasteiger partial charge is 0.343 e. The molecule has 0 atom stereocenters. The van der Waals surface area contributed by atoms with Crippen molar-refractivity contribution in [1.82, 2.24) is 24.6 Å². The molecule has 170 valence electrons. The van der Waals surface area contributed by atoms with Crippen molar-refractivity contribution in [3.05, 3.63) is 54.4 Å². The zero-order valence-electron chi connectivity index (χ0n) is 19.4. The summed E-state index contributed by atoms with van der Waals surface area (Å²) in [5.41, 5.74) is 4.95. The molecule has 1 fully saturated rings. The lowest BCUT2D eigenvalue weighted by Crippen LogP contribution is -2.28. The quantitative estimate of drug-likeness (QED) is 0.431. The fraction of sp³-hybridized carbons (Fsp3) is 0.385. The van der Waals surface area contributed by atoms with Gasteiger partial charge in [0.05, 0.1) is 17.4 Å². The van der Waals surface area contributed by atoms with Gasteiger partial charge >= 0.3 is 0 Å². The molecule has 0 radical (unpaired) electrons. The standard InChI is InChI=1S/C26H29N5O2/c1-26(2,3)20-9-6-18(7-10-20)25-28-24(29-33-25)19-8-11-22-21(16-19)27-17-31(22)15-12-23(32)30-13-4-5-14-30/h6-11,16-17H,4-5,12-15H2,1-3H3. The Bertz CT molecular complexity index is 1270. The van der Waals surface area contributed by atoms with Gasteiger partial charge in [-0.3, -0.25) is 4.79 Å². The molecule has 1 amide bonds. The Balaban J connectivity index is 1.32. The van der Waals surface area contributed by atoms with Gasteiger partial charge in [0.25, 0.3) is 5.89 Å². The summed E-state index contributed by atoms with van der Waals surface area (Å²) in [6.07, 6.45) is 4.52. The minimum absolute atomic E-state index is 0.0960. The van der Waals surface area contributed by atoms with Crippen molar-refractivity contribution in [3.8, 4) is 22.8 Å². The third-order valence-corrected chi connectivity index (χ3v) is 6.33. The van der Waals surface area contributed by atoms with Crippen molar-refractivity contribution in [1.29, 1.82) is 0 Å². The number of hydrogen-bond acceptors (Lipinski definition) is 5. The van der Waals surface area contributed by atoms with Crippen LogP contribution in [0, 0.1) is 0 Å². The van der Waals surface area contributed by atoms with Crippen LogP contribution in [-0.2, 0) is 16.8 Å². The van der Waals surface area contributed by atoms with Gasteiger partial charge < -0.3 is 14.0 Å². The highest BCUT2D eigenvalue weighted by Crippen LogP contribution is 2.28. The number of imidazole rings is 1. The van der Waals surface area contributed by atoms with Gasteiger partial charge in [-0.2, -0.15) is 4.98 Å². The molecular weight excluding hydrogens is 414 g/mol. The number of rotatable bonds is 5. The van der Waals surface area contributed by atoms with Crippen LogP contribution in [0.3, 0.4) is 0 Å². The Morgan fingerprint density at radius 2 is 1.76 bits per heavy atom. The highest BCUT2D eigenvalue weighted by molar-refractivity contribution is 5.81. The first kappa shape index (κ1) is 21.4. The molecule has 7 heteroatoms. The topological polar surface area (TPSA) is 77.1 Å². The fourth-order valence-corrected chi connectivity index (χ4v) is 4.29. The molecule has 33 heavy (non-hydrogen) atoms. The van der Waals surface area contributed by atoms with Crippen LogP contribution in [0.1, 0.15) is 45.6 Å². The van der Waals surface area contributed by atoms with Crippen molar-refractivity contribution in [2.24, 2.45) is 0 Å². The van der Waals surface area contributed by atoms with Gasteiger partial charge in [-0.1, -0.05) is 38.1 Å². The molecule has 0 unspecified atom stereocenters. The van der Waals surface area contributed by atoms with Crippen LogP contribution in [-0.4, -0.2) is 43.6 Å². The Morgan fingerprint density at radius 3 is 2.48 bits per heavy atom. The third-order valence-electron chi connectivity index (χ3n) is 6.33. The van der Waals surface area contributed by atoms with Crippen LogP contribution in [0.2, 0.25) is 0 Å². The summed E-state index contributed by atoms with van der Waals surface area (Å²) in [4.78, 5) is 23.5. The summed E-state index contributed by atoms with van der Waals surface area (Å²) in [7, 11) is 0. The summed E-state index contributed by atoms with van der Waals surface area (Å²) >= 11 is 0. The molecule has 0 bridgehead atoms. The first-order chi connectivity index (χ1) is 15.9. The lowest BCUT2D eigenvalue weighted by atomic mass is 9.87. The molecule has 4 aromatic rings. The second-order valence-corrected chi connectivity index (χ2v) is 9.73. The van der Waals surface area contributed by atoms with Crippen molar-refractivity contribution in [2.45, 2.75) is 52.0 Å². The van der Waals surface area contributed by atoms with Crippen LogP contribution in [0.15, 0.2) is 53.3 Å². The molecular formula is C26H29N5O2. The number of carbonyl (C=O) groups excluding carboxylic acids is 1. The second-order valence-electron chi connectivity index (χ2n) is 9.73. The van der Waals surface area contributed by atoms with E-state index in [-0.39, 0.29) is 11.3 Å². The maximum Gasteiger partial charge on any atom is 0.258 e. The third kappa shape index (κ3) is 4.40. The predicted octanol–water partition coefficient (Wildman–Crippen LogP) is 5.06. The van der Waals surface area contributed by atoms with Gasteiger partial charge in [0.15, 0.2) is 0 Å². The molecule has 0 spiro atoms. The Morgan fingerprint density at radius 1 is 1.03 bits per heavy atom. The normalized spacial score (nSPS) is 14.3. The molecule has 0 N–H and O–H groups in total. The Hall–Kier alpha value is -3.48. The minimum Gasteiger partial charge on any atom is -0.343 e. The fourth-order valence-electron chi connectivity index (χ4n) is 4.29. The summed E-state index contributed by atoms with van der Waals surface area (Å²) in [5.74, 6) is 1.25. The summed E-state index contributed by atoms with van der Waals surface area (Å²) in [6.45, 7) is 8.98. The van der Waals surface area contributed by atoms with Crippen molar-refractivity contribution < 1.29 is 9.32 Å². The van der Waals surface area contributed by atoms with Gasteiger partial charge in [0.1, 0.15) is 0 Å². The number of nitrogens with zero attached hydrogens (tertiary/aromatic N) is 5. The highest BCUT2D eigenvalue weighted by atomic mass is 16.5. The minimum atomic E-state index is 0.0960. The second kappa shape index (κ2) is 8.46. The Kier molecular flexibility index (Phi) is 5.48. The summed E-state index contributed by atoms with van der Waals surface area (Å²) < 4.78 is 7.57. The zero-order chi connectivity index (χ0) is 23.0. The summed E-state index contributed by atoms with van der Waals surface area (Å²) in [6, 6.07) is 14.2. The van der Waals surface area contributed by atoms with E-state index in [0.29, 0.717) is 24.7 Å². The van der Waals surface area contributed by atoms with Crippen LogP contribution in [0.5, 0.6) is 0 Å². The lowest BCUT2D eigenvalue weighted by Gasteiger charge is -2.18. The SMILES string of the molecule is CC(C)(C)c1ccc(-c2nc(-c3ccc4c(c3)ncn4CCC(=O)N3CCCC3)no2)cc1. The molecule has 2 aromatic carbocycles. The van der Waals surface area contributed by atoms with Gasteiger partial charge in [0.2, 0.25) is 11.7 Å². The van der Waals surface area contributed by atoms with Crippen molar-refractivity contribution >= 4 is 16.9 Å². The maximum atomic E-state index is 12.4. The number of carbonyl (C=O) groups is 1. The highest BCUT2D eigenvalue weighted by Gasteiger charge is 2.18. The number of hydrogen-bond donors (Lipinski definition) is 0. The van der Waals surface area contributed by atoms with E-state index in [9.17, 15) is 4.79 Å². The molecule has 0 saturated carbocycles. The lowest BCUT2D eigenvalue weighted by molar-refractivity contribution is -0.130. The number of benzene rings is 2. The van der Waals surface area contributed by atoms with Crippen LogP contribution >= 0.6 is 0 Å². The van der Waals surface area contributed by atoms with E-state index in [4.69, 9.17) is 4.52 Å². The van der Waals surface area contributed by atoms with Gasteiger partial charge in [-0.15, -0.1) is 0 Å². The molecule has 7 nitrogen and oxygen atoms in total. The van der Waals surface area contributed by atoms with E-state index in [1.165, 1.54) is 5.56 Å². The maximum absolute atomic E-state index is 12.4. The number of likely N-dealkylation sites (tertiary alicyclic amines) is 1. The molecule has 1 aliphatic heterocycles. The van der Waals surface area contributed by atoms with Crippen molar-refractivity contribution in [3.63, 3.8) is 0 Å². The zero-order valence-corrected chi connectivity index (χ0v) is 19.4. The van der Waals surface area contributed by atoms with E-state index >= 15 is 0 Å². The monoisotopic (exact) mass is 443 g/mol. The average molecular weight is 444 g/mol. The predicted molar refractivity (Wildman–Crippen MR) is 128 cm³/mol. The van der Waals surface area contributed by atoms with Crippen molar-refractivity contribution in [2.75, 3.05) is 13.1 Å². The van der Waals surface area contributed by atoms with Crippen LogP contribution in [0.4, 0.5) is 0 Å². The van der Waals surface area contributed by atoms with Gasteiger partial charge in [0, 0.05) is 37.2 Å². The van der Waals surface area contributed by atoms with E-state index in [2.05, 4.69) is 48.0 Å². The number of fused-ring (bicyclic) bond motifs is 1. The molecule has 1 aliphatic rings. The van der Waals surface area contributed by atoms with Gasteiger partial charge in [-0.25, -0.2) is 4.98 Å². The molecule has 5 rings (SSSR count). The molecule has 2 aromatic heterocycles. The first-order valence-corrected chi connectivity index (χ1v) is 11.6. The molecule has 3 heterocycles. The summed E-state index contributed by atoms with van der Waals surface area (Å²) in [5, 5.41) is 4.18. The molecule has 1 saturated heterocycles. The van der Waals surface area contributed by atoms with E-state index in [1.807, 2.05) is 39.8 Å². The smallest absolute Gasteiger partial charge is 0.258 e.